The molecule has 1 aliphatic carbocycles. The molecule has 0 N–H and O–H groups in total. The first-order valence-corrected chi connectivity index (χ1v) is 8.51. The summed E-state index contributed by atoms with van der Waals surface area (Å²) in [6, 6.07) is 5.48. The molecular weight excluding hydrogens is 305 g/mol. The lowest BCUT2D eigenvalue weighted by atomic mass is 9.86. The van der Waals surface area contributed by atoms with Crippen LogP contribution in [0.5, 0.6) is 0 Å². The number of carbonyl (C=O) groups is 1. The van der Waals surface area contributed by atoms with Crippen LogP contribution in [0, 0.1) is 0 Å². The van der Waals surface area contributed by atoms with E-state index in [-0.39, 0.29) is 5.54 Å². The zero-order valence-corrected chi connectivity index (χ0v) is 14.3. The van der Waals surface area contributed by atoms with E-state index in [0.717, 1.165) is 44.3 Å². The number of ketones is 1. The van der Waals surface area contributed by atoms with E-state index in [1.165, 1.54) is 0 Å². The Morgan fingerprint density at radius 1 is 1.14 bits per heavy atom. The maximum atomic E-state index is 13.0. The fourth-order valence-corrected chi connectivity index (χ4v) is 3.88. The summed E-state index contributed by atoms with van der Waals surface area (Å²) in [7, 11) is 0. The van der Waals surface area contributed by atoms with Gasteiger partial charge in [-0.2, -0.15) is 0 Å². The first-order chi connectivity index (χ1) is 10.0. The molecule has 0 amide bonds. The highest BCUT2D eigenvalue weighted by Gasteiger charge is 2.44. The second-order valence-electron chi connectivity index (χ2n) is 5.76. The molecule has 2 nitrogen and oxygen atoms in total. The number of halogens is 2. The average Bonchev–Trinajstić information content (AvgIpc) is 2.95. The zero-order chi connectivity index (χ0) is 15.5. The van der Waals surface area contributed by atoms with E-state index in [4.69, 9.17) is 23.2 Å². The van der Waals surface area contributed by atoms with Crippen molar-refractivity contribution in [3.05, 3.63) is 33.8 Å². The van der Waals surface area contributed by atoms with Crippen molar-refractivity contribution < 1.29 is 4.79 Å². The number of benzene rings is 1. The van der Waals surface area contributed by atoms with Crippen LogP contribution in [0.4, 0.5) is 0 Å². The summed E-state index contributed by atoms with van der Waals surface area (Å²) in [6.07, 6.45) is 4.68. The highest BCUT2D eigenvalue weighted by Crippen LogP contribution is 2.37. The molecule has 0 aliphatic heterocycles. The summed E-state index contributed by atoms with van der Waals surface area (Å²) >= 11 is 12.0. The van der Waals surface area contributed by atoms with Gasteiger partial charge in [-0.15, -0.1) is 0 Å². The van der Waals surface area contributed by atoms with Crippen LogP contribution >= 0.6 is 23.2 Å². The van der Waals surface area contributed by atoms with Crippen molar-refractivity contribution in [3.63, 3.8) is 0 Å². The van der Waals surface area contributed by atoms with Crippen LogP contribution in [-0.2, 0) is 11.2 Å². The Morgan fingerprint density at radius 2 is 1.76 bits per heavy atom. The molecule has 0 atom stereocenters. The minimum atomic E-state index is -0.268. The lowest BCUT2D eigenvalue weighted by molar-refractivity contribution is -0.130. The summed E-state index contributed by atoms with van der Waals surface area (Å²) in [5.41, 5.74) is 0.683. The number of rotatable bonds is 6. The third-order valence-corrected chi connectivity index (χ3v) is 5.41. The van der Waals surface area contributed by atoms with Crippen molar-refractivity contribution in [2.24, 2.45) is 0 Å². The van der Waals surface area contributed by atoms with Gasteiger partial charge in [0, 0.05) is 6.42 Å². The number of hydrogen-bond donors (Lipinski definition) is 0. The molecule has 116 valence electrons. The number of carbonyl (C=O) groups excluding carboxylic acids is 1. The molecule has 4 heteroatoms. The average molecular weight is 328 g/mol. The Kier molecular flexibility index (Phi) is 5.70. The molecule has 21 heavy (non-hydrogen) atoms. The van der Waals surface area contributed by atoms with Crippen LogP contribution in [0.15, 0.2) is 18.2 Å². The molecule has 0 unspecified atom stereocenters. The van der Waals surface area contributed by atoms with Crippen molar-refractivity contribution in [1.82, 2.24) is 4.90 Å². The first-order valence-electron chi connectivity index (χ1n) is 7.75. The van der Waals surface area contributed by atoms with Crippen molar-refractivity contribution in [1.29, 1.82) is 0 Å². The Balaban J connectivity index is 2.21. The minimum Gasteiger partial charge on any atom is -0.297 e. The molecule has 2 rings (SSSR count). The smallest absolute Gasteiger partial charge is 0.157 e. The second-order valence-corrected chi connectivity index (χ2v) is 6.57. The molecule has 0 spiro atoms. The highest BCUT2D eigenvalue weighted by atomic mass is 35.5. The fraction of sp³-hybridized carbons (Fsp3) is 0.588. The van der Waals surface area contributed by atoms with Gasteiger partial charge >= 0.3 is 0 Å². The number of likely N-dealkylation sites (N-methyl/N-ethyl adjacent to an activating group) is 1. The highest BCUT2D eigenvalue weighted by molar-refractivity contribution is 6.42. The van der Waals surface area contributed by atoms with Crippen LogP contribution in [0.3, 0.4) is 0 Å². The van der Waals surface area contributed by atoms with Gasteiger partial charge in [-0.25, -0.2) is 0 Å². The largest absolute Gasteiger partial charge is 0.297 e. The molecule has 1 saturated carbocycles. The third kappa shape index (κ3) is 3.44. The predicted molar refractivity (Wildman–Crippen MR) is 89.3 cm³/mol. The summed E-state index contributed by atoms with van der Waals surface area (Å²) in [6.45, 7) is 6.11. The van der Waals surface area contributed by atoms with Gasteiger partial charge in [0.2, 0.25) is 0 Å². The summed E-state index contributed by atoms with van der Waals surface area (Å²) < 4.78 is 0. The predicted octanol–water partition coefficient (Wildman–Crippen LogP) is 4.76. The van der Waals surface area contributed by atoms with Crippen molar-refractivity contribution in [2.75, 3.05) is 13.1 Å². The summed E-state index contributed by atoms with van der Waals surface area (Å²) in [5, 5.41) is 1.05. The molecular formula is C17H23Cl2NO. The Labute approximate surface area is 137 Å². The Morgan fingerprint density at radius 3 is 2.29 bits per heavy atom. The Bertz CT molecular complexity index is 506. The van der Waals surface area contributed by atoms with Crippen molar-refractivity contribution >= 4 is 29.0 Å². The molecule has 0 aromatic heterocycles. The van der Waals surface area contributed by atoms with E-state index < -0.39 is 0 Å². The van der Waals surface area contributed by atoms with E-state index >= 15 is 0 Å². The monoisotopic (exact) mass is 327 g/mol. The number of hydrogen-bond acceptors (Lipinski definition) is 2. The molecule has 1 aromatic carbocycles. The van der Waals surface area contributed by atoms with Gasteiger partial charge in [0.1, 0.15) is 0 Å². The second kappa shape index (κ2) is 7.13. The summed E-state index contributed by atoms with van der Waals surface area (Å²) in [4.78, 5) is 15.3. The topological polar surface area (TPSA) is 20.3 Å². The fourth-order valence-electron chi connectivity index (χ4n) is 3.56. The van der Waals surface area contributed by atoms with Gasteiger partial charge in [-0.05, 0) is 43.6 Å². The van der Waals surface area contributed by atoms with Crippen LogP contribution in [0.25, 0.3) is 0 Å². The number of Topliss-reactive ketones (excluding diaryl/α,β-unsaturated/α-hetero) is 1. The van der Waals surface area contributed by atoms with E-state index in [1.807, 2.05) is 12.1 Å². The van der Waals surface area contributed by atoms with Gasteiger partial charge in [-0.3, -0.25) is 9.69 Å². The van der Waals surface area contributed by atoms with Gasteiger partial charge in [-0.1, -0.05) is 56.0 Å². The van der Waals surface area contributed by atoms with E-state index in [1.54, 1.807) is 6.07 Å². The quantitative estimate of drug-likeness (QED) is 0.750. The molecule has 0 radical (unpaired) electrons. The number of nitrogens with zero attached hydrogens (tertiary/aromatic N) is 1. The molecule has 1 aromatic rings. The standard InChI is InChI=1S/C17H23Cl2NO/c1-3-20(4-2)17(9-5-6-10-17)16(21)12-13-7-8-14(18)15(19)11-13/h7-8,11H,3-6,9-10,12H2,1-2H3. The third-order valence-electron chi connectivity index (χ3n) is 4.67. The van der Waals surface area contributed by atoms with E-state index in [9.17, 15) is 4.79 Å². The normalized spacial score (nSPS) is 17.4. The minimum absolute atomic E-state index is 0.268. The molecule has 1 aliphatic rings. The SMILES string of the molecule is CCN(CC)C1(C(=O)Cc2ccc(Cl)c(Cl)c2)CCCC1. The lowest BCUT2D eigenvalue weighted by Gasteiger charge is -2.39. The van der Waals surface area contributed by atoms with Crippen molar-refractivity contribution in [2.45, 2.75) is 51.5 Å². The van der Waals surface area contributed by atoms with Crippen LogP contribution in [0.1, 0.15) is 45.1 Å². The molecule has 1 fully saturated rings. The van der Waals surface area contributed by atoms with E-state index in [0.29, 0.717) is 22.2 Å². The molecule has 0 heterocycles. The maximum Gasteiger partial charge on any atom is 0.157 e. The van der Waals surface area contributed by atoms with Crippen molar-refractivity contribution in [3.8, 4) is 0 Å². The van der Waals surface area contributed by atoms with Gasteiger partial charge in [0.05, 0.1) is 15.6 Å². The lowest BCUT2D eigenvalue weighted by Crippen LogP contribution is -2.53. The van der Waals surface area contributed by atoms with Gasteiger partial charge in [0.15, 0.2) is 5.78 Å². The van der Waals surface area contributed by atoms with Crippen LogP contribution in [-0.4, -0.2) is 29.3 Å². The summed E-state index contributed by atoms with van der Waals surface area (Å²) in [5.74, 6) is 0.321. The first kappa shape index (κ1) is 16.8. The maximum absolute atomic E-state index is 13.0. The van der Waals surface area contributed by atoms with Crippen LogP contribution in [0.2, 0.25) is 10.0 Å². The van der Waals surface area contributed by atoms with Crippen LogP contribution < -0.4 is 0 Å². The van der Waals surface area contributed by atoms with Gasteiger partial charge in [0.25, 0.3) is 0 Å². The Hall–Kier alpha value is -0.570. The van der Waals surface area contributed by atoms with Gasteiger partial charge < -0.3 is 0 Å². The van der Waals surface area contributed by atoms with E-state index in [2.05, 4.69) is 18.7 Å². The molecule has 0 saturated heterocycles. The molecule has 0 bridgehead atoms. The zero-order valence-electron chi connectivity index (χ0n) is 12.8.